The van der Waals surface area contributed by atoms with E-state index in [2.05, 4.69) is 18.5 Å². The highest BCUT2D eigenvalue weighted by Crippen LogP contribution is 2.09. The van der Waals surface area contributed by atoms with Crippen LogP contribution in [0, 0.1) is 0 Å². The summed E-state index contributed by atoms with van der Waals surface area (Å²) in [5.41, 5.74) is 0. The Bertz CT molecular complexity index is 193. The molecule has 3 nitrogen and oxygen atoms in total. The zero-order valence-electron chi connectivity index (χ0n) is 9.79. The fraction of sp³-hybridized carbons (Fsp3) is 0.909. The number of nitrogens with one attached hydrogen (secondary N) is 1. The Labute approximate surface area is 97.0 Å². The smallest absolute Gasteiger partial charge is 0.317 e. The van der Waals surface area contributed by atoms with Gasteiger partial charge in [0.05, 0.1) is 0 Å². The van der Waals surface area contributed by atoms with E-state index in [9.17, 15) is 4.79 Å². The first-order chi connectivity index (χ1) is 7.24. The first kappa shape index (κ1) is 12.7. The van der Waals surface area contributed by atoms with E-state index in [1.54, 1.807) is 0 Å². The summed E-state index contributed by atoms with van der Waals surface area (Å²) in [4.78, 5) is 13.7. The van der Waals surface area contributed by atoms with Crippen molar-refractivity contribution >= 4 is 17.8 Å². The van der Waals surface area contributed by atoms with Gasteiger partial charge in [-0.05, 0) is 44.6 Å². The Morgan fingerprint density at radius 1 is 1.40 bits per heavy atom. The van der Waals surface area contributed by atoms with Crippen LogP contribution < -0.4 is 5.32 Å². The summed E-state index contributed by atoms with van der Waals surface area (Å²) in [6, 6.07) is 0.426. The molecule has 88 valence electrons. The first-order valence-corrected chi connectivity index (χ1v) is 7.18. The van der Waals surface area contributed by atoms with E-state index in [1.807, 2.05) is 16.7 Å². The highest BCUT2D eigenvalue weighted by Gasteiger charge is 2.17. The zero-order chi connectivity index (χ0) is 11.1. The van der Waals surface area contributed by atoms with Crippen LogP contribution in [0.1, 0.15) is 32.6 Å². The fourth-order valence-corrected chi connectivity index (χ4v) is 2.36. The average Bonchev–Trinajstić information content (AvgIpc) is 2.27. The molecule has 15 heavy (non-hydrogen) atoms. The monoisotopic (exact) mass is 230 g/mol. The molecular formula is C11H22N2OS. The number of piperidine rings is 1. The van der Waals surface area contributed by atoms with Crippen LogP contribution in [0.3, 0.4) is 0 Å². The molecule has 2 amide bonds. The van der Waals surface area contributed by atoms with Crippen molar-refractivity contribution in [1.29, 1.82) is 0 Å². The number of nitrogens with zero attached hydrogens (tertiary/aromatic N) is 1. The third-order valence-corrected chi connectivity index (χ3v) is 3.41. The summed E-state index contributed by atoms with van der Waals surface area (Å²) in [5.74, 6) is 1.11. The van der Waals surface area contributed by atoms with Crippen LogP contribution >= 0.6 is 11.8 Å². The number of hydrogen-bond acceptors (Lipinski definition) is 2. The summed E-state index contributed by atoms with van der Waals surface area (Å²) >= 11 is 1.83. The van der Waals surface area contributed by atoms with Gasteiger partial charge in [0.2, 0.25) is 0 Å². The Kier molecular flexibility index (Phi) is 5.91. The van der Waals surface area contributed by atoms with Crippen molar-refractivity contribution in [3.8, 4) is 0 Å². The molecule has 0 aromatic heterocycles. The van der Waals surface area contributed by atoms with Gasteiger partial charge < -0.3 is 10.2 Å². The van der Waals surface area contributed by atoms with Crippen molar-refractivity contribution < 1.29 is 4.79 Å². The molecule has 0 saturated carbocycles. The predicted molar refractivity (Wildman–Crippen MR) is 66.4 cm³/mol. The largest absolute Gasteiger partial charge is 0.336 e. The maximum Gasteiger partial charge on any atom is 0.317 e. The minimum absolute atomic E-state index is 0.128. The number of urea groups is 1. The fourth-order valence-electron chi connectivity index (χ4n) is 1.77. The van der Waals surface area contributed by atoms with Gasteiger partial charge in [0.1, 0.15) is 0 Å². The van der Waals surface area contributed by atoms with Gasteiger partial charge in [0, 0.05) is 19.1 Å². The van der Waals surface area contributed by atoms with Crippen LogP contribution in [-0.4, -0.2) is 42.1 Å². The van der Waals surface area contributed by atoms with Crippen molar-refractivity contribution in [2.75, 3.05) is 25.1 Å². The van der Waals surface area contributed by atoms with E-state index in [4.69, 9.17) is 0 Å². The van der Waals surface area contributed by atoms with E-state index in [0.29, 0.717) is 6.04 Å². The van der Waals surface area contributed by atoms with E-state index in [0.717, 1.165) is 38.1 Å². The minimum atomic E-state index is 0.128. The number of carbonyl (C=O) groups is 1. The molecule has 1 N–H and O–H groups in total. The standard InChI is InChI=1S/C11H22N2OS/c1-10(6-9-15-2)12-11(14)13-7-4-3-5-8-13/h10H,3-9H2,1-2H3,(H,12,14). The molecule has 0 aromatic carbocycles. The molecule has 0 aromatic rings. The van der Waals surface area contributed by atoms with Gasteiger partial charge in [-0.15, -0.1) is 0 Å². The normalized spacial score (nSPS) is 18.7. The maximum absolute atomic E-state index is 11.8. The van der Waals surface area contributed by atoms with E-state index >= 15 is 0 Å². The van der Waals surface area contributed by atoms with Crippen molar-refractivity contribution in [3.63, 3.8) is 0 Å². The average molecular weight is 230 g/mol. The van der Waals surface area contributed by atoms with Crippen molar-refractivity contribution in [3.05, 3.63) is 0 Å². The minimum Gasteiger partial charge on any atom is -0.336 e. The topological polar surface area (TPSA) is 32.3 Å². The lowest BCUT2D eigenvalue weighted by Crippen LogP contribution is -2.46. The lowest BCUT2D eigenvalue weighted by molar-refractivity contribution is 0.183. The predicted octanol–water partition coefficient (Wildman–Crippen LogP) is 2.32. The second kappa shape index (κ2) is 6.99. The molecule has 0 spiro atoms. The Balaban J connectivity index is 2.21. The summed E-state index contributed by atoms with van der Waals surface area (Å²) in [5, 5.41) is 3.06. The van der Waals surface area contributed by atoms with Crippen molar-refractivity contribution in [2.45, 2.75) is 38.6 Å². The van der Waals surface area contributed by atoms with E-state index in [-0.39, 0.29) is 6.03 Å². The number of rotatable bonds is 4. The molecule has 0 bridgehead atoms. The Hall–Kier alpha value is -0.380. The zero-order valence-corrected chi connectivity index (χ0v) is 10.6. The highest BCUT2D eigenvalue weighted by molar-refractivity contribution is 7.98. The maximum atomic E-state index is 11.8. The SMILES string of the molecule is CSCCC(C)NC(=O)N1CCCCC1. The van der Waals surface area contributed by atoms with Crippen molar-refractivity contribution in [2.24, 2.45) is 0 Å². The summed E-state index contributed by atoms with van der Waals surface area (Å²) in [6.07, 6.45) is 6.74. The molecular weight excluding hydrogens is 208 g/mol. The number of carbonyl (C=O) groups excluding carboxylic acids is 1. The van der Waals surface area contributed by atoms with Crippen molar-refractivity contribution in [1.82, 2.24) is 10.2 Å². The van der Waals surface area contributed by atoms with Crippen LogP contribution in [-0.2, 0) is 0 Å². The number of hydrogen-bond donors (Lipinski definition) is 1. The van der Waals surface area contributed by atoms with Gasteiger partial charge in [0.15, 0.2) is 0 Å². The molecule has 0 aliphatic carbocycles. The van der Waals surface area contributed by atoms with Gasteiger partial charge in [-0.2, -0.15) is 11.8 Å². The Morgan fingerprint density at radius 2 is 2.07 bits per heavy atom. The Morgan fingerprint density at radius 3 is 2.67 bits per heavy atom. The van der Waals surface area contributed by atoms with Crippen LogP contribution in [0.25, 0.3) is 0 Å². The molecule has 4 heteroatoms. The molecule has 1 unspecified atom stereocenters. The molecule has 0 radical (unpaired) electrons. The van der Waals surface area contributed by atoms with E-state index < -0.39 is 0 Å². The quantitative estimate of drug-likeness (QED) is 0.804. The molecule has 1 atom stereocenters. The highest BCUT2D eigenvalue weighted by atomic mass is 32.2. The summed E-state index contributed by atoms with van der Waals surface area (Å²) in [7, 11) is 0. The van der Waals surface area contributed by atoms with Gasteiger partial charge in [-0.3, -0.25) is 0 Å². The first-order valence-electron chi connectivity index (χ1n) is 5.78. The molecule has 1 aliphatic rings. The van der Waals surface area contributed by atoms with E-state index in [1.165, 1.54) is 6.42 Å². The lowest BCUT2D eigenvalue weighted by atomic mass is 10.1. The van der Waals surface area contributed by atoms with Gasteiger partial charge in [0.25, 0.3) is 0 Å². The molecule has 1 heterocycles. The third-order valence-electron chi connectivity index (χ3n) is 2.77. The molecule has 1 aliphatic heterocycles. The second-order valence-electron chi connectivity index (χ2n) is 4.18. The summed E-state index contributed by atoms with van der Waals surface area (Å²) in [6.45, 7) is 3.94. The second-order valence-corrected chi connectivity index (χ2v) is 5.17. The molecule has 1 fully saturated rings. The lowest BCUT2D eigenvalue weighted by Gasteiger charge is -2.28. The summed E-state index contributed by atoms with van der Waals surface area (Å²) < 4.78 is 0. The molecule has 1 rings (SSSR count). The number of likely N-dealkylation sites (tertiary alicyclic amines) is 1. The van der Waals surface area contributed by atoms with Crippen LogP contribution in [0.5, 0.6) is 0 Å². The van der Waals surface area contributed by atoms with Crippen LogP contribution in [0.4, 0.5) is 4.79 Å². The van der Waals surface area contributed by atoms with Gasteiger partial charge in [-0.25, -0.2) is 4.79 Å². The number of thioether (sulfide) groups is 1. The van der Waals surface area contributed by atoms with Crippen LogP contribution in [0.15, 0.2) is 0 Å². The van der Waals surface area contributed by atoms with Crippen LogP contribution in [0.2, 0.25) is 0 Å². The number of amides is 2. The van der Waals surface area contributed by atoms with Gasteiger partial charge in [-0.1, -0.05) is 0 Å². The molecule has 1 saturated heterocycles. The third kappa shape index (κ3) is 4.78. The van der Waals surface area contributed by atoms with Gasteiger partial charge >= 0.3 is 6.03 Å².